The number of nitrogens with zero attached hydrogens (tertiary/aromatic N) is 1. The molecule has 1 aliphatic rings. The van der Waals surface area contributed by atoms with Crippen molar-refractivity contribution in [1.29, 1.82) is 0 Å². The second-order valence-electron chi connectivity index (χ2n) is 6.62. The van der Waals surface area contributed by atoms with Gasteiger partial charge in [-0.15, -0.1) is 0 Å². The Balaban J connectivity index is 1.95. The summed E-state index contributed by atoms with van der Waals surface area (Å²) in [4.78, 5) is 2.55. The van der Waals surface area contributed by atoms with Gasteiger partial charge in [-0.25, -0.2) is 0 Å². The molecule has 0 spiro atoms. The number of hydrogen-bond acceptors (Lipinski definition) is 2. The van der Waals surface area contributed by atoms with Gasteiger partial charge in [-0.1, -0.05) is 51.0 Å². The Morgan fingerprint density at radius 1 is 1.20 bits per heavy atom. The van der Waals surface area contributed by atoms with Crippen LogP contribution in [0.5, 0.6) is 0 Å². The highest BCUT2D eigenvalue weighted by molar-refractivity contribution is 5.25. The topological polar surface area (TPSA) is 29.3 Å². The van der Waals surface area contributed by atoms with Gasteiger partial charge < -0.3 is 5.73 Å². The van der Waals surface area contributed by atoms with Crippen molar-refractivity contribution in [3.63, 3.8) is 0 Å². The lowest BCUT2D eigenvalue weighted by Gasteiger charge is -2.36. The third-order valence-corrected chi connectivity index (χ3v) is 4.97. The van der Waals surface area contributed by atoms with Gasteiger partial charge in [0.15, 0.2) is 0 Å². The van der Waals surface area contributed by atoms with Crippen molar-refractivity contribution >= 4 is 0 Å². The Morgan fingerprint density at radius 3 is 2.45 bits per heavy atom. The second kappa shape index (κ2) is 7.24. The van der Waals surface area contributed by atoms with Crippen molar-refractivity contribution in [3.8, 4) is 0 Å². The molecule has 0 aromatic heterocycles. The molecule has 2 N–H and O–H groups in total. The molecule has 1 aromatic carbocycles. The molecule has 2 heteroatoms. The summed E-state index contributed by atoms with van der Waals surface area (Å²) in [5.41, 5.74) is 8.49. The summed E-state index contributed by atoms with van der Waals surface area (Å²) in [7, 11) is 2.28. The maximum Gasteiger partial charge on any atom is 0.0233 e. The molecule has 0 aliphatic heterocycles. The normalized spacial score (nSPS) is 24.9. The maximum atomic E-state index is 5.73. The van der Waals surface area contributed by atoms with Crippen LogP contribution >= 0.6 is 0 Å². The zero-order valence-electron chi connectivity index (χ0n) is 13.3. The fourth-order valence-corrected chi connectivity index (χ4v) is 3.44. The summed E-state index contributed by atoms with van der Waals surface area (Å²) in [6, 6.07) is 9.78. The van der Waals surface area contributed by atoms with E-state index in [-0.39, 0.29) is 0 Å². The van der Waals surface area contributed by atoms with Crippen molar-refractivity contribution in [2.45, 2.75) is 58.0 Å². The SMILES string of the molecule is CC(CN)c1ccc(CN(C)C2CCCCC2C)cc1. The predicted octanol–water partition coefficient (Wildman–Crippen LogP) is 3.76. The Morgan fingerprint density at radius 2 is 1.85 bits per heavy atom. The maximum absolute atomic E-state index is 5.73. The molecule has 0 saturated heterocycles. The summed E-state index contributed by atoms with van der Waals surface area (Å²) in [6.07, 6.45) is 5.56. The molecule has 2 nitrogen and oxygen atoms in total. The molecule has 112 valence electrons. The van der Waals surface area contributed by atoms with Gasteiger partial charge in [0.1, 0.15) is 0 Å². The first-order chi connectivity index (χ1) is 9.61. The molecule has 0 heterocycles. The molecule has 1 aromatic rings. The van der Waals surface area contributed by atoms with Crippen LogP contribution in [0.4, 0.5) is 0 Å². The van der Waals surface area contributed by atoms with Crippen LogP contribution in [0.15, 0.2) is 24.3 Å². The molecule has 1 fully saturated rings. The van der Waals surface area contributed by atoms with Gasteiger partial charge in [0.25, 0.3) is 0 Å². The van der Waals surface area contributed by atoms with E-state index in [1.165, 1.54) is 36.8 Å². The van der Waals surface area contributed by atoms with Gasteiger partial charge in [-0.3, -0.25) is 4.90 Å². The van der Waals surface area contributed by atoms with Gasteiger partial charge in [-0.2, -0.15) is 0 Å². The summed E-state index contributed by atoms with van der Waals surface area (Å²) in [6.45, 7) is 6.38. The minimum atomic E-state index is 0.458. The minimum Gasteiger partial charge on any atom is -0.330 e. The van der Waals surface area contributed by atoms with Crippen LogP contribution in [0.2, 0.25) is 0 Å². The highest BCUT2D eigenvalue weighted by Crippen LogP contribution is 2.28. The first-order valence-corrected chi connectivity index (χ1v) is 8.11. The van der Waals surface area contributed by atoms with Crippen LogP contribution in [0.1, 0.15) is 56.6 Å². The van der Waals surface area contributed by atoms with E-state index in [2.05, 4.69) is 50.1 Å². The second-order valence-corrected chi connectivity index (χ2v) is 6.62. The van der Waals surface area contributed by atoms with Crippen LogP contribution in [0.3, 0.4) is 0 Å². The first-order valence-electron chi connectivity index (χ1n) is 8.11. The number of hydrogen-bond donors (Lipinski definition) is 1. The Kier molecular flexibility index (Phi) is 5.62. The predicted molar refractivity (Wildman–Crippen MR) is 86.8 cm³/mol. The summed E-state index contributed by atoms with van der Waals surface area (Å²) >= 11 is 0. The fourth-order valence-electron chi connectivity index (χ4n) is 3.44. The van der Waals surface area contributed by atoms with E-state index in [1.54, 1.807) is 0 Å². The molecule has 2 rings (SSSR count). The molecule has 0 amide bonds. The van der Waals surface area contributed by atoms with Crippen LogP contribution in [0, 0.1) is 5.92 Å². The van der Waals surface area contributed by atoms with Crippen molar-refractivity contribution in [2.75, 3.05) is 13.6 Å². The smallest absolute Gasteiger partial charge is 0.0233 e. The molecule has 3 unspecified atom stereocenters. The number of benzene rings is 1. The van der Waals surface area contributed by atoms with Gasteiger partial charge in [0.2, 0.25) is 0 Å². The van der Waals surface area contributed by atoms with Crippen molar-refractivity contribution in [2.24, 2.45) is 11.7 Å². The Hall–Kier alpha value is -0.860. The number of rotatable bonds is 5. The van der Waals surface area contributed by atoms with Gasteiger partial charge >= 0.3 is 0 Å². The van der Waals surface area contributed by atoms with Crippen LogP contribution < -0.4 is 5.73 Å². The average Bonchev–Trinajstić information content (AvgIpc) is 2.47. The fraction of sp³-hybridized carbons (Fsp3) is 0.667. The van der Waals surface area contributed by atoms with E-state index in [0.717, 1.165) is 25.0 Å². The van der Waals surface area contributed by atoms with Crippen molar-refractivity contribution < 1.29 is 0 Å². The standard InChI is InChI=1S/C18H30N2/c1-14-6-4-5-7-18(14)20(3)13-16-8-10-17(11-9-16)15(2)12-19/h8-11,14-15,18H,4-7,12-13,19H2,1-3H3. The lowest BCUT2D eigenvalue weighted by Crippen LogP contribution is -2.38. The van der Waals surface area contributed by atoms with E-state index < -0.39 is 0 Å². The van der Waals surface area contributed by atoms with Crippen molar-refractivity contribution in [1.82, 2.24) is 4.90 Å². The third-order valence-electron chi connectivity index (χ3n) is 4.97. The quantitative estimate of drug-likeness (QED) is 0.886. The molecule has 0 radical (unpaired) electrons. The molecule has 20 heavy (non-hydrogen) atoms. The van der Waals surface area contributed by atoms with Gasteiger partial charge in [0.05, 0.1) is 0 Å². The van der Waals surface area contributed by atoms with Crippen LogP contribution in [-0.4, -0.2) is 24.5 Å². The van der Waals surface area contributed by atoms with Crippen LogP contribution in [-0.2, 0) is 6.54 Å². The highest BCUT2D eigenvalue weighted by atomic mass is 15.1. The summed E-state index contributed by atoms with van der Waals surface area (Å²) in [5.74, 6) is 1.30. The zero-order valence-corrected chi connectivity index (χ0v) is 13.3. The van der Waals surface area contributed by atoms with Gasteiger partial charge in [-0.05, 0) is 49.4 Å². The van der Waals surface area contributed by atoms with Gasteiger partial charge in [0, 0.05) is 12.6 Å². The molecular formula is C18H30N2. The lowest BCUT2D eigenvalue weighted by molar-refractivity contribution is 0.133. The lowest BCUT2D eigenvalue weighted by atomic mass is 9.85. The summed E-state index contributed by atoms with van der Waals surface area (Å²) in [5, 5.41) is 0. The molecule has 3 atom stereocenters. The zero-order chi connectivity index (χ0) is 14.5. The van der Waals surface area contributed by atoms with E-state index in [4.69, 9.17) is 5.73 Å². The average molecular weight is 274 g/mol. The van der Waals surface area contributed by atoms with Crippen LogP contribution in [0.25, 0.3) is 0 Å². The van der Waals surface area contributed by atoms with E-state index >= 15 is 0 Å². The first kappa shape index (κ1) is 15.5. The number of nitrogens with two attached hydrogens (primary N) is 1. The third kappa shape index (κ3) is 3.83. The Labute approximate surface area is 124 Å². The molecule has 0 bridgehead atoms. The van der Waals surface area contributed by atoms with E-state index in [0.29, 0.717) is 5.92 Å². The van der Waals surface area contributed by atoms with Crippen molar-refractivity contribution in [3.05, 3.63) is 35.4 Å². The molecular weight excluding hydrogens is 244 g/mol. The largest absolute Gasteiger partial charge is 0.330 e. The highest BCUT2D eigenvalue weighted by Gasteiger charge is 2.24. The monoisotopic (exact) mass is 274 g/mol. The molecule has 1 saturated carbocycles. The minimum absolute atomic E-state index is 0.458. The Bertz CT molecular complexity index is 398. The molecule has 1 aliphatic carbocycles. The van der Waals surface area contributed by atoms with E-state index in [9.17, 15) is 0 Å². The van der Waals surface area contributed by atoms with E-state index in [1.807, 2.05) is 0 Å². The summed E-state index contributed by atoms with van der Waals surface area (Å²) < 4.78 is 0.